The topological polar surface area (TPSA) is 43.1 Å². The Morgan fingerprint density at radius 1 is 1.46 bits per heavy atom. The Kier molecular flexibility index (Phi) is 1.98. The Balaban J connectivity index is 2.83. The van der Waals surface area contributed by atoms with Crippen LogP contribution in [0.4, 0.5) is 5.69 Å². The molecule has 0 fully saturated rings. The molecule has 0 radical (unpaired) electrons. The lowest BCUT2D eigenvalue weighted by Gasteiger charge is -1.91. The molecule has 2 nitrogen and oxygen atoms in total. The standard InChI is InChI=1S/C9H6ClNOS/c10-9-6-2-1-5(11)3-7(6)13-8(9)4-12/h1-4H,11H2. The van der Waals surface area contributed by atoms with Gasteiger partial charge in [0.1, 0.15) is 0 Å². The van der Waals surface area contributed by atoms with Crippen molar-refractivity contribution in [1.29, 1.82) is 0 Å². The summed E-state index contributed by atoms with van der Waals surface area (Å²) in [6.45, 7) is 0. The van der Waals surface area contributed by atoms with Gasteiger partial charge in [-0.15, -0.1) is 11.3 Å². The number of carbonyl (C=O) groups is 1. The van der Waals surface area contributed by atoms with E-state index in [0.717, 1.165) is 16.4 Å². The molecular formula is C9H6ClNOS. The van der Waals surface area contributed by atoms with E-state index in [4.69, 9.17) is 17.3 Å². The summed E-state index contributed by atoms with van der Waals surface area (Å²) < 4.78 is 0.951. The SMILES string of the molecule is Nc1ccc2c(Cl)c(C=O)sc2c1. The highest BCUT2D eigenvalue weighted by molar-refractivity contribution is 7.21. The molecule has 0 bridgehead atoms. The van der Waals surface area contributed by atoms with E-state index >= 15 is 0 Å². The molecule has 4 heteroatoms. The molecule has 1 aromatic carbocycles. The van der Waals surface area contributed by atoms with Crippen LogP contribution in [0.15, 0.2) is 18.2 Å². The van der Waals surface area contributed by atoms with E-state index in [1.54, 1.807) is 6.07 Å². The molecule has 66 valence electrons. The van der Waals surface area contributed by atoms with Crippen LogP contribution in [-0.2, 0) is 0 Å². The van der Waals surface area contributed by atoms with E-state index in [1.165, 1.54) is 11.3 Å². The van der Waals surface area contributed by atoms with Gasteiger partial charge < -0.3 is 5.73 Å². The second-order valence-corrected chi connectivity index (χ2v) is 4.12. The van der Waals surface area contributed by atoms with Crippen molar-refractivity contribution in [3.05, 3.63) is 28.1 Å². The van der Waals surface area contributed by atoms with Gasteiger partial charge in [-0.2, -0.15) is 0 Å². The normalized spacial score (nSPS) is 10.5. The third kappa shape index (κ3) is 1.30. The Morgan fingerprint density at radius 2 is 2.23 bits per heavy atom. The lowest BCUT2D eigenvalue weighted by atomic mass is 10.2. The molecule has 0 aliphatic rings. The second kappa shape index (κ2) is 3.01. The summed E-state index contributed by atoms with van der Waals surface area (Å²) in [7, 11) is 0. The predicted octanol–water partition coefficient (Wildman–Crippen LogP) is 2.95. The first-order valence-corrected chi connectivity index (χ1v) is 4.84. The largest absolute Gasteiger partial charge is 0.399 e. The number of hydrogen-bond donors (Lipinski definition) is 1. The van der Waals surface area contributed by atoms with Gasteiger partial charge in [0.2, 0.25) is 0 Å². The van der Waals surface area contributed by atoms with Crippen molar-refractivity contribution in [2.75, 3.05) is 5.73 Å². The Hall–Kier alpha value is -1.06. The molecule has 1 heterocycles. The third-order valence-corrected chi connectivity index (χ3v) is 3.38. The van der Waals surface area contributed by atoms with Gasteiger partial charge in [0.05, 0.1) is 9.90 Å². The number of benzene rings is 1. The summed E-state index contributed by atoms with van der Waals surface area (Å²) in [5.74, 6) is 0. The van der Waals surface area contributed by atoms with E-state index in [0.29, 0.717) is 15.6 Å². The van der Waals surface area contributed by atoms with Gasteiger partial charge in [0.15, 0.2) is 6.29 Å². The van der Waals surface area contributed by atoms with Crippen molar-refractivity contribution >= 4 is 45.0 Å². The Labute approximate surface area is 83.9 Å². The van der Waals surface area contributed by atoms with Crippen LogP contribution in [-0.4, -0.2) is 6.29 Å². The summed E-state index contributed by atoms with van der Waals surface area (Å²) in [6.07, 6.45) is 0.767. The number of carbonyl (C=O) groups excluding carboxylic acids is 1. The van der Waals surface area contributed by atoms with Gasteiger partial charge in [0, 0.05) is 15.8 Å². The molecule has 0 saturated heterocycles. The molecule has 0 spiro atoms. The Morgan fingerprint density at radius 3 is 2.92 bits per heavy atom. The number of hydrogen-bond acceptors (Lipinski definition) is 3. The fourth-order valence-corrected chi connectivity index (χ4v) is 2.52. The Bertz CT molecular complexity index is 478. The molecule has 2 aromatic rings. The molecule has 0 atom stereocenters. The first kappa shape index (κ1) is 8.53. The minimum atomic E-state index is 0.523. The minimum Gasteiger partial charge on any atom is -0.399 e. The number of anilines is 1. The van der Waals surface area contributed by atoms with Gasteiger partial charge in [-0.3, -0.25) is 4.79 Å². The first-order valence-electron chi connectivity index (χ1n) is 3.65. The highest BCUT2D eigenvalue weighted by Gasteiger charge is 2.08. The number of thiophene rings is 1. The monoisotopic (exact) mass is 211 g/mol. The van der Waals surface area contributed by atoms with Crippen molar-refractivity contribution in [2.24, 2.45) is 0 Å². The minimum absolute atomic E-state index is 0.523. The van der Waals surface area contributed by atoms with E-state index < -0.39 is 0 Å². The molecule has 2 rings (SSSR count). The number of nitrogen functional groups attached to an aromatic ring is 1. The number of nitrogens with two attached hydrogens (primary N) is 1. The van der Waals surface area contributed by atoms with Crippen molar-refractivity contribution < 1.29 is 4.79 Å². The van der Waals surface area contributed by atoms with Gasteiger partial charge in [-0.1, -0.05) is 11.6 Å². The van der Waals surface area contributed by atoms with Crippen molar-refractivity contribution in [3.63, 3.8) is 0 Å². The van der Waals surface area contributed by atoms with Gasteiger partial charge in [-0.25, -0.2) is 0 Å². The lowest BCUT2D eigenvalue weighted by Crippen LogP contribution is -1.81. The fourth-order valence-electron chi connectivity index (χ4n) is 1.18. The summed E-state index contributed by atoms with van der Waals surface area (Å²) >= 11 is 7.31. The van der Waals surface area contributed by atoms with Gasteiger partial charge >= 0.3 is 0 Å². The number of halogens is 1. The zero-order valence-corrected chi connectivity index (χ0v) is 8.15. The molecule has 0 amide bonds. The maximum atomic E-state index is 10.6. The van der Waals surface area contributed by atoms with E-state index in [2.05, 4.69) is 0 Å². The van der Waals surface area contributed by atoms with Gasteiger partial charge in [0.25, 0.3) is 0 Å². The molecule has 0 saturated carbocycles. The smallest absolute Gasteiger partial charge is 0.161 e. The number of rotatable bonds is 1. The maximum Gasteiger partial charge on any atom is 0.161 e. The van der Waals surface area contributed by atoms with E-state index in [1.807, 2.05) is 12.1 Å². The molecule has 2 N–H and O–H groups in total. The van der Waals surface area contributed by atoms with Crippen LogP contribution in [0.5, 0.6) is 0 Å². The second-order valence-electron chi connectivity index (χ2n) is 2.65. The molecule has 0 aliphatic heterocycles. The maximum absolute atomic E-state index is 10.6. The van der Waals surface area contributed by atoms with E-state index in [-0.39, 0.29) is 0 Å². The predicted molar refractivity (Wildman–Crippen MR) is 56.6 cm³/mol. The molecule has 0 aliphatic carbocycles. The molecule has 1 aromatic heterocycles. The molecule has 13 heavy (non-hydrogen) atoms. The van der Waals surface area contributed by atoms with Crippen LogP contribution in [0, 0.1) is 0 Å². The zero-order chi connectivity index (χ0) is 9.42. The van der Waals surface area contributed by atoms with Crippen molar-refractivity contribution in [1.82, 2.24) is 0 Å². The quantitative estimate of drug-likeness (QED) is 0.582. The van der Waals surface area contributed by atoms with Crippen LogP contribution < -0.4 is 5.73 Å². The summed E-state index contributed by atoms with van der Waals surface area (Å²) in [5.41, 5.74) is 6.28. The van der Waals surface area contributed by atoms with Crippen LogP contribution in [0.2, 0.25) is 5.02 Å². The first-order chi connectivity index (χ1) is 6.22. The number of fused-ring (bicyclic) bond motifs is 1. The van der Waals surface area contributed by atoms with Crippen LogP contribution in [0.25, 0.3) is 10.1 Å². The third-order valence-electron chi connectivity index (χ3n) is 1.79. The van der Waals surface area contributed by atoms with E-state index in [9.17, 15) is 4.79 Å². The van der Waals surface area contributed by atoms with Crippen molar-refractivity contribution in [2.45, 2.75) is 0 Å². The fraction of sp³-hybridized carbons (Fsp3) is 0. The molecular weight excluding hydrogens is 206 g/mol. The zero-order valence-electron chi connectivity index (χ0n) is 6.58. The average Bonchev–Trinajstić information content (AvgIpc) is 2.42. The van der Waals surface area contributed by atoms with Crippen LogP contribution >= 0.6 is 22.9 Å². The highest BCUT2D eigenvalue weighted by Crippen LogP contribution is 2.34. The highest BCUT2D eigenvalue weighted by atomic mass is 35.5. The van der Waals surface area contributed by atoms with Crippen LogP contribution in [0.3, 0.4) is 0 Å². The number of aldehydes is 1. The summed E-state index contributed by atoms with van der Waals surface area (Å²) in [4.78, 5) is 11.1. The van der Waals surface area contributed by atoms with Crippen molar-refractivity contribution in [3.8, 4) is 0 Å². The van der Waals surface area contributed by atoms with Gasteiger partial charge in [-0.05, 0) is 18.2 Å². The summed E-state index contributed by atoms with van der Waals surface area (Å²) in [6, 6.07) is 5.42. The van der Waals surface area contributed by atoms with Crippen LogP contribution in [0.1, 0.15) is 9.67 Å². The lowest BCUT2D eigenvalue weighted by molar-refractivity contribution is 0.112. The summed E-state index contributed by atoms with van der Waals surface area (Å²) in [5, 5.41) is 1.41. The molecule has 0 unspecified atom stereocenters. The average molecular weight is 212 g/mol.